The van der Waals surface area contributed by atoms with E-state index in [0.717, 1.165) is 113 Å². The number of carbonyl (C=O) groups is 4. The quantitative estimate of drug-likeness (QED) is 0.0151. The molecule has 0 radical (unpaired) electrons. The van der Waals surface area contributed by atoms with Crippen molar-refractivity contribution < 1.29 is 64.1 Å². The summed E-state index contributed by atoms with van der Waals surface area (Å²) in [5.74, 6) is -3.22. The fraction of sp³-hybridized carbons (Fsp3) is 0.600. The molecule has 0 N–H and O–H groups in total. The first-order valence-electron chi connectivity index (χ1n) is 28.1. The minimum Gasteiger partial charge on any atom is -0.744 e. The predicted octanol–water partition coefficient (Wildman–Crippen LogP) is 14.7. The third kappa shape index (κ3) is 37.0. The summed E-state index contributed by atoms with van der Waals surface area (Å²) in [6, 6.07) is 6.06. The van der Waals surface area contributed by atoms with Crippen molar-refractivity contribution >= 4 is 81.9 Å². The maximum absolute atomic E-state index is 12.7. The first-order valence-corrected chi connectivity index (χ1v) is 30.9. The molecule has 0 saturated carbocycles. The molecule has 0 heterocycles. The van der Waals surface area contributed by atoms with Crippen LogP contribution < -0.4 is 0 Å². The third-order valence-corrected chi connectivity index (χ3v) is 13.7. The molecule has 0 atom stereocenters. The molecule has 0 aliphatic carbocycles. The van der Waals surface area contributed by atoms with Gasteiger partial charge >= 0.3 is 61.6 Å². The first kappa shape index (κ1) is 73.4. The third-order valence-electron chi connectivity index (χ3n) is 12.0. The van der Waals surface area contributed by atoms with Crippen LogP contribution in [-0.4, -0.2) is 114 Å². The standard InChI is InChI=1S/2C30H46O7S.Ca/c2*1-3-5-7-9-11-13-15-17-19-23-36-29(31)27-22-21-26(38(33,34)35)25-28(27)30(32)37-24-20-18-16-14-12-10-8-6-4-2;/h2*11-14,21-22,25H,3-10,15-20,23-24H2,1-2H3,(H,33,34,35);/q;;+2/p-2/b2*13-11+,14-12+;. The second-order valence-corrected chi connectivity index (χ2v) is 21.5. The summed E-state index contributed by atoms with van der Waals surface area (Å²) < 4.78 is 90.0. The van der Waals surface area contributed by atoms with E-state index in [1.807, 2.05) is 0 Å². The van der Waals surface area contributed by atoms with Gasteiger partial charge in [0.05, 0.1) is 58.5 Å². The average Bonchev–Trinajstić information content (AvgIpc) is 3.39. The van der Waals surface area contributed by atoms with Crippen molar-refractivity contribution in [3.05, 3.63) is 107 Å². The van der Waals surface area contributed by atoms with E-state index in [4.69, 9.17) is 18.9 Å². The van der Waals surface area contributed by atoms with E-state index >= 15 is 0 Å². The molecular formula is C60H90CaO14S2. The second kappa shape index (κ2) is 47.2. The summed E-state index contributed by atoms with van der Waals surface area (Å²) in [6.07, 6.45) is 45.4. The van der Waals surface area contributed by atoms with Crippen molar-refractivity contribution in [1.82, 2.24) is 0 Å². The number of rotatable bonds is 42. The average molecular weight is 1140 g/mol. The van der Waals surface area contributed by atoms with Gasteiger partial charge in [-0.15, -0.1) is 0 Å². The van der Waals surface area contributed by atoms with Crippen molar-refractivity contribution in [1.29, 1.82) is 0 Å². The first-order chi connectivity index (χ1) is 36.6. The normalized spacial score (nSPS) is 11.7. The van der Waals surface area contributed by atoms with Crippen molar-refractivity contribution in [3.63, 3.8) is 0 Å². The zero-order valence-corrected chi connectivity index (χ0v) is 50.8. The van der Waals surface area contributed by atoms with E-state index in [-0.39, 0.29) is 86.4 Å². The van der Waals surface area contributed by atoms with E-state index in [1.54, 1.807) is 0 Å². The van der Waals surface area contributed by atoms with Gasteiger partial charge in [-0.05, 0) is 165 Å². The summed E-state index contributed by atoms with van der Waals surface area (Å²) in [4.78, 5) is 49.4. The van der Waals surface area contributed by atoms with Gasteiger partial charge in [-0.25, -0.2) is 36.0 Å². The number of benzene rings is 2. The molecule has 0 saturated heterocycles. The zero-order chi connectivity index (χ0) is 56.1. The fourth-order valence-corrected chi connectivity index (χ4v) is 8.46. The molecule has 0 amide bonds. The van der Waals surface area contributed by atoms with Gasteiger partial charge in [-0.3, -0.25) is 0 Å². The van der Waals surface area contributed by atoms with Gasteiger partial charge in [0.15, 0.2) is 0 Å². The smallest absolute Gasteiger partial charge is 0.744 e. The Balaban J connectivity index is 0.00000148. The molecule has 77 heavy (non-hydrogen) atoms. The molecular weight excluding hydrogens is 1050 g/mol. The number of carbonyl (C=O) groups excluding carboxylic acids is 4. The Kier molecular flexibility index (Phi) is 45.0. The Morgan fingerprint density at radius 1 is 0.351 bits per heavy atom. The van der Waals surface area contributed by atoms with Gasteiger partial charge in [0.25, 0.3) is 0 Å². The monoisotopic (exact) mass is 1140 g/mol. The molecule has 0 aromatic heterocycles. The van der Waals surface area contributed by atoms with Crippen LogP contribution in [0.3, 0.4) is 0 Å². The molecule has 0 bridgehead atoms. The van der Waals surface area contributed by atoms with Crippen molar-refractivity contribution in [3.8, 4) is 0 Å². The van der Waals surface area contributed by atoms with Crippen molar-refractivity contribution in [2.24, 2.45) is 0 Å². The largest absolute Gasteiger partial charge is 2.00 e. The summed E-state index contributed by atoms with van der Waals surface area (Å²) in [7, 11) is -9.61. The number of allylic oxidation sites excluding steroid dienone is 8. The van der Waals surface area contributed by atoms with Crippen LogP contribution in [0.2, 0.25) is 0 Å². The summed E-state index contributed by atoms with van der Waals surface area (Å²) in [5.41, 5.74) is -0.794. The molecule has 428 valence electrons. The van der Waals surface area contributed by atoms with E-state index < -0.39 is 53.9 Å². The molecule has 2 aromatic rings. The fourth-order valence-electron chi connectivity index (χ4n) is 7.47. The van der Waals surface area contributed by atoms with Crippen molar-refractivity contribution in [2.75, 3.05) is 26.4 Å². The van der Waals surface area contributed by atoms with Crippen LogP contribution >= 0.6 is 0 Å². The van der Waals surface area contributed by atoms with Crippen LogP contribution in [0.15, 0.2) is 94.8 Å². The number of esters is 4. The van der Waals surface area contributed by atoms with Crippen LogP contribution in [0.25, 0.3) is 0 Å². The molecule has 0 spiro atoms. The van der Waals surface area contributed by atoms with E-state index in [2.05, 4.69) is 76.3 Å². The van der Waals surface area contributed by atoms with E-state index in [9.17, 15) is 45.1 Å². The van der Waals surface area contributed by atoms with Gasteiger partial charge < -0.3 is 28.1 Å². The van der Waals surface area contributed by atoms with Crippen LogP contribution in [0.1, 0.15) is 249 Å². The van der Waals surface area contributed by atoms with Gasteiger partial charge in [0, 0.05) is 0 Å². The van der Waals surface area contributed by atoms with Gasteiger partial charge in [0.1, 0.15) is 20.2 Å². The zero-order valence-electron chi connectivity index (χ0n) is 46.9. The SMILES string of the molecule is CCCCC/C=C/CCCCOC(=O)c1ccc(S(=O)(=O)[O-])cc1C(=O)OCCCC/C=C/CCCCC.CCCCC/C=C/CCCCOC(=O)c1ccc(S(=O)(=O)[O-])cc1C(=O)OCCCC/C=C/CCCCC.[Ca+2]. The minimum absolute atomic E-state index is 0. The Labute approximate surface area is 493 Å². The topological polar surface area (TPSA) is 220 Å². The minimum atomic E-state index is -4.81. The van der Waals surface area contributed by atoms with Crippen LogP contribution in [0, 0.1) is 0 Å². The maximum atomic E-state index is 12.7. The number of hydrogen-bond acceptors (Lipinski definition) is 14. The van der Waals surface area contributed by atoms with Crippen molar-refractivity contribution in [2.45, 2.75) is 217 Å². The van der Waals surface area contributed by atoms with E-state index in [1.165, 1.54) is 77.0 Å². The molecule has 0 unspecified atom stereocenters. The second-order valence-electron chi connectivity index (χ2n) is 18.7. The maximum Gasteiger partial charge on any atom is 2.00 e. The summed E-state index contributed by atoms with van der Waals surface area (Å²) in [5, 5.41) is 0. The summed E-state index contributed by atoms with van der Waals surface area (Å²) in [6.45, 7) is 9.28. The number of hydrogen-bond donors (Lipinski definition) is 0. The van der Waals surface area contributed by atoms with Gasteiger partial charge in [-0.1, -0.05) is 128 Å². The Morgan fingerprint density at radius 2 is 0.558 bits per heavy atom. The molecule has 2 aromatic carbocycles. The Hall–Kier alpha value is -3.64. The molecule has 0 aliphatic rings. The molecule has 17 heteroatoms. The molecule has 14 nitrogen and oxygen atoms in total. The van der Waals surface area contributed by atoms with E-state index in [0.29, 0.717) is 25.7 Å². The van der Waals surface area contributed by atoms with Gasteiger partial charge in [-0.2, -0.15) is 0 Å². The Bertz CT molecular complexity index is 2130. The summed E-state index contributed by atoms with van der Waals surface area (Å²) >= 11 is 0. The van der Waals surface area contributed by atoms with Gasteiger partial charge in [0.2, 0.25) is 0 Å². The molecule has 0 aliphatic heterocycles. The van der Waals surface area contributed by atoms with Crippen LogP contribution in [0.5, 0.6) is 0 Å². The molecule has 2 rings (SSSR count). The van der Waals surface area contributed by atoms with Crippen LogP contribution in [0.4, 0.5) is 0 Å². The Morgan fingerprint density at radius 3 is 0.766 bits per heavy atom. The number of ether oxygens (including phenoxy) is 4. The van der Waals surface area contributed by atoms with Crippen LogP contribution in [-0.2, 0) is 39.2 Å². The number of unbranched alkanes of at least 4 members (excludes halogenated alkanes) is 20. The molecule has 0 fully saturated rings. The predicted molar refractivity (Wildman–Crippen MR) is 304 cm³/mol.